The molecular formula is C8H9N3. The Labute approximate surface area is 65.3 Å². The Morgan fingerprint density at radius 1 is 1.45 bits per heavy atom. The van der Waals surface area contributed by atoms with Crippen molar-refractivity contribution in [3.63, 3.8) is 0 Å². The summed E-state index contributed by atoms with van der Waals surface area (Å²) in [4.78, 5) is 4.18. The van der Waals surface area contributed by atoms with E-state index in [2.05, 4.69) is 16.5 Å². The van der Waals surface area contributed by atoms with Crippen LogP contribution in [0.2, 0.25) is 0 Å². The molecule has 0 aromatic carbocycles. The molecule has 0 fully saturated rings. The van der Waals surface area contributed by atoms with Crippen molar-refractivity contribution in [1.82, 2.24) is 10.4 Å². The molecule has 2 rings (SSSR count). The van der Waals surface area contributed by atoms with E-state index in [-0.39, 0.29) is 0 Å². The summed E-state index contributed by atoms with van der Waals surface area (Å²) in [5.74, 6) is 0.956. The summed E-state index contributed by atoms with van der Waals surface area (Å²) in [5.41, 5.74) is 3.06. The first kappa shape index (κ1) is 6.22. The van der Waals surface area contributed by atoms with Crippen LogP contribution in [0.1, 0.15) is 0 Å². The first-order valence-corrected chi connectivity index (χ1v) is 3.56. The smallest absolute Gasteiger partial charge is 0.147 e. The first-order chi connectivity index (χ1) is 5.47. The second-order valence-electron chi connectivity index (χ2n) is 2.33. The van der Waals surface area contributed by atoms with Crippen molar-refractivity contribution in [2.24, 2.45) is 0 Å². The number of hydrazine groups is 1. The minimum Gasteiger partial charge on any atom is -0.304 e. The maximum Gasteiger partial charge on any atom is 0.147 e. The van der Waals surface area contributed by atoms with Gasteiger partial charge in [-0.3, -0.25) is 5.01 Å². The summed E-state index contributed by atoms with van der Waals surface area (Å²) in [6.07, 6.45) is 5.75. The fourth-order valence-electron chi connectivity index (χ4n) is 1.03. The van der Waals surface area contributed by atoms with Crippen molar-refractivity contribution in [3.05, 3.63) is 36.7 Å². The molecule has 0 bridgehead atoms. The monoisotopic (exact) mass is 147 g/mol. The van der Waals surface area contributed by atoms with Gasteiger partial charge < -0.3 is 5.43 Å². The second kappa shape index (κ2) is 2.62. The van der Waals surface area contributed by atoms with E-state index in [1.54, 1.807) is 6.20 Å². The molecule has 3 nitrogen and oxygen atoms in total. The third-order valence-electron chi connectivity index (χ3n) is 1.56. The molecule has 0 radical (unpaired) electrons. The van der Waals surface area contributed by atoms with E-state index in [0.717, 1.165) is 12.4 Å². The van der Waals surface area contributed by atoms with E-state index in [1.165, 1.54) is 0 Å². The minimum absolute atomic E-state index is 0.886. The molecule has 0 saturated carbocycles. The van der Waals surface area contributed by atoms with Crippen molar-refractivity contribution in [1.29, 1.82) is 0 Å². The van der Waals surface area contributed by atoms with Gasteiger partial charge in [-0.05, 0) is 18.2 Å². The minimum atomic E-state index is 0.886. The maximum atomic E-state index is 4.18. The van der Waals surface area contributed by atoms with Crippen molar-refractivity contribution in [3.8, 4) is 0 Å². The van der Waals surface area contributed by atoms with Gasteiger partial charge in [0.2, 0.25) is 0 Å². The quantitative estimate of drug-likeness (QED) is 0.640. The highest BCUT2D eigenvalue weighted by Gasteiger charge is 2.05. The molecule has 3 heteroatoms. The lowest BCUT2D eigenvalue weighted by Crippen LogP contribution is -2.30. The summed E-state index contributed by atoms with van der Waals surface area (Å²) >= 11 is 0. The van der Waals surface area contributed by atoms with Gasteiger partial charge in [-0.1, -0.05) is 6.07 Å². The zero-order valence-electron chi connectivity index (χ0n) is 6.07. The summed E-state index contributed by atoms with van der Waals surface area (Å²) in [6, 6.07) is 5.86. The SMILES string of the molecule is C1=CNN(c2ccccn2)C1. The molecule has 1 aliphatic rings. The fraction of sp³-hybridized carbons (Fsp3) is 0.125. The molecule has 0 unspecified atom stereocenters. The van der Waals surface area contributed by atoms with Gasteiger partial charge in [0, 0.05) is 12.4 Å². The van der Waals surface area contributed by atoms with E-state index >= 15 is 0 Å². The van der Waals surface area contributed by atoms with Gasteiger partial charge in [-0.2, -0.15) is 0 Å². The molecule has 0 spiro atoms. The van der Waals surface area contributed by atoms with Crippen LogP contribution in [0.3, 0.4) is 0 Å². The average molecular weight is 147 g/mol. The van der Waals surface area contributed by atoms with Gasteiger partial charge in [0.15, 0.2) is 0 Å². The van der Waals surface area contributed by atoms with E-state index in [0.29, 0.717) is 0 Å². The Bertz CT molecular complexity index is 247. The fourth-order valence-corrected chi connectivity index (χ4v) is 1.03. The van der Waals surface area contributed by atoms with E-state index in [9.17, 15) is 0 Å². The van der Waals surface area contributed by atoms with Crippen LogP contribution in [-0.4, -0.2) is 11.5 Å². The lowest BCUT2D eigenvalue weighted by atomic mass is 10.4. The van der Waals surface area contributed by atoms with E-state index < -0.39 is 0 Å². The largest absolute Gasteiger partial charge is 0.304 e. The van der Waals surface area contributed by atoms with Gasteiger partial charge >= 0.3 is 0 Å². The zero-order chi connectivity index (χ0) is 7.52. The van der Waals surface area contributed by atoms with Gasteiger partial charge in [-0.15, -0.1) is 0 Å². The van der Waals surface area contributed by atoms with Crippen LogP contribution in [0.25, 0.3) is 0 Å². The molecule has 1 N–H and O–H groups in total. The Kier molecular flexibility index (Phi) is 1.48. The third-order valence-corrected chi connectivity index (χ3v) is 1.56. The number of hydrogen-bond acceptors (Lipinski definition) is 3. The van der Waals surface area contributed by atoms with E-state index in [1.807, 2.05) is 29.4 Å². The van der Waals surface area contributed by atoms with Crippen LogP contribution in [0.5, 0.6) is 0 Å². The van der Waals surface area contributed by atoms with Crippen LogP contribution >= 0.6 is 0 Å². The number of nitrogens with zero attached hydrogens (tertiary/aromatic N) is 2. The highest BCUT2D eigenvalue weighted by molar-refractivity contribution is 5.38. The molecule has 1 aromatic rings. The number of anilines is 1. The number of aromatic nitrogens is 1. The molecule has 1 aliphatic heterocycles. The Balaban J connectivity index is 2.17. The predicted molar refractivity (Wildman–Crippen MR) is 43.9 cm³/mol. The topological polar surface area (TPSA) is 28.2 Å². The summed E-state index contributed by atoms with van der Waals surface area (Å²) < 4.78 is 0. The Morgan fingerprint density at radius 3 is 3.09 bits per heavy atom. The maximum absolute atomic E-state index is 4.18. The lowest BCUT2D eigenvalue weighted by Gasteiger charge is -2.16. The van der Waals surface area contributed by atoms with Crippen LogP contribution < -0.4 is 10.4 Å². The number of nitrogens with one attached hydrogen (secondary N) is 1. The average Bonchev–Trinajstić information content (AvgIpc) is 2.58. The Hall–Kier alpha value is -1.51. The van der Waals surface area contributed by atoms with Gasteiger partial charge in [-0.25, -0.2) is 4.98 Å². The van der Waals surface area contributed by atoms with Crippen LogP contribution in [-0.2, 0) is 0 Å². The molecule has 0 aliphatic carbocycles. The normalized spacial score (nSPS) is 15.1. The third kappa shape index (κ3) is 1.17. The summed E-state index contributed by atoms with van der Waals surface area (Å²) in [7, 11) is 0. The standard InChI is InChI=1S/C8H9N3/c1-2-5-9-8(4-1)11-7-3-6-10-11/h1-6,10H,7H2. The number of pyridine rings is 1. The summed E-state index contributed by atoms with van der Waals surface area (Å²) in [6.45, 7) is 0.886. The zero-order valence-corrected chi connectivity index (χ0v) is 6.07. The van der Waals surface area contributed by atoms with Crippen molar-refractivity contribution in [2.45, 2.75) is 0 Å². The molecule has 1 aromatic heterocycles. The molecule has 0 atom stereocenters. The highest BCUT2D eigenvalue weighted by atomic mass is 15.5. The van der Waals surface area contributed by atoms with Crippen molar-refractivity contribution >= 4 is 5.82 Å². The van der Waals surface area contributed by atoms with Crippen LogP contribution in [0, 0.1) is 0 Å². The number of hydrogen-bond donors (Lipinski definition) is 1. The van der Waals surface area contributed by atoms with Gasteiger partial charge in [0.1, 0.15) is 5.82 Å². The van der Waals surface area contributed by atoms with Gasteiger partial charge in [0.05, 0.1) is 6.54 Å². The van der Waals surface area contributed by atoms with E-state index in [4.69, 9.17) is 0 Å². The molecule has 2 heterocycles. The molecule has 11 heavy (non-hydrogen) atoms. The molecular weight excluding hydrogens is 138 g/mol. The molecule has 0 amide bonds. The first-order valence-electron chi connectivity index (χ1n) is 3.56. The van der Waals surface area contributed by atoms with Crippen LogP contribution in [0.15, 0.2) is 36.7 Å². The van der Waals surface area contributed by atoms with Gasteiger partial charge in [0.25, 0.3) is 0 Å². The Morgan fingerprint density at radius 2 is 2.45 bits per heavy atom. The molecule has 56 valence electrons. The lowest BCUT2D eigenvalue weighted by molar-refractivity contribution is 0.820. The molecule has 0 saturated heterocycles. The second-order valence-corrected chi connectivity index (χ2v) is 2.33. The van der Waals surface area contributed by atoms with Crippen molar-refractivity contribution < 1.29 is 0 Å². The summed E-state index contributed by atoms with van der Waals surface area (Å²) in [5, 5.41) is 1.97. The van der Waals surface area contributed by atoms with Crippen molar-refractivity contribution in [2.75, 3.05) is 11.6 Å². The highest BCUT2D eigenvalue weighted by Crippen LogP contribution is 2.08. The number of rotatable bonds is 1. The van der Waals surface area contributed by atoms with Crippen LogP contribution in [0.4, 0.5) is 5.82 Å². The predicted octanol–water partition coefficient (Wildman–Crippen LogP) is 0.920.